The monoisotopic (exact) mass is 338 g/mol. The van der Waals surface area contributed by atoms with Crippen LogP contribution in [0.1, 0.15) is 29.8 Å². The highest BCUT2D eigenvalue weighted by molar-refractivity contribution is 5.97. The number of fused-ring (bicyclic) bond motifs is 1. The molecule has 0 radical (unpaired) electrons. The van der Waals surface area contributed by atoms with Crippen LogP contribution in [0.15, 0.2) is 30.6 Å². The maximum absolute atomic E-state index is 12.6. The lowest BCUT2D eigenvalue weighted by atomic mass is 9.89. The first-order chi connectivity index (χ1) is 12.1. The molecule has 1 aliphatic carbocycles. The molecule has 2 atom stereocenters. The van der Waals surface area contributed by atoms with Gasteiger partial charge in [0, 0.05) is 36.7 Å². The molecule has 2 amide bonds. The number of imidazole rings is 1. The van der Waals surface area contributed by atoms with Crippen LogP contribution in [0.2, 0.25) is 0 Å². The Morgan fingerprint density at radius 1 is 1.28 bits per heavy atom. The minimum Gasteiger partial charge on any atom is -0.351 e. The van der Waals surface area contributed by atoms with Gasteiger partial charge in [0.05, 0.1) is 18.1 Å². The van der Waals surface area contributed by atoms with Crippen LogP contribution in [0.25, 0.3) is 0 Å². The van der Waals surface area contributed by atoms with E-state index in [1.807, 2.05) is 31.2 Å². The topological polar surface area (TPSA) is 78.1 Å². The zero-order chi connectivity index (χ0) is 17.4. The first-order valence-corrected chi connectivity index (χ1v) is 8.78. The molecule has 1 aliphatic heterocycles. The second-order valence-electron chi connectivity index (χ2n) is 7.02. The molecule has 0 bridgehead atoms. The lowest BCUT2D eigenvalue weighted by Gasteiger charge is -2.23. The normalized spacial score (nSPS) is 22.8. The summed E-state index contributed by atoms with van der Waals surface area (Å²) in [6.45, 7) is 2.56. The summed E-state index contributed by atoms with van der Waals surface area (Å²) in [5, 5.41) is 3.08. The van der Waals surface area contributed by atoms with Crippen molar-refractivity contribution in [3.8, 4) is 0 Å². The van der Waals surface area contributed by atoms with Crippen LogP contribution >= 0.6 is 0 Å². The van der Waals surface area contributed by atoms with Gasteiger partial charge in [-0.15, -0.1) is 0 Å². The van der Waals surface area contributed by atoms with Crippen molar-refractivity contribution in [2.24, 2.45) is 5.92 Å². The van der Waals surface area contributed by atoms with Crippen LogP contribution in [-0.4, -0.2) is 34.4 Å². The number of rotatable bonds is 3. The number of amides is 2. The molecule has 2 heterocycles. The molecule has 1 fully saturated rings. The molecule has 1 aromatic heterocycles. The number of aryl methyl sites for hydroxylation is 2. The number of nitrogens with zero attached hydrogens (tertiary/aromatic N) is 2. The fourth-order valence-electron chi connectivity index (χ4n) is 3.72. The highest BCUT2D eigenvalue weighted by atomic mass is 16.2. The fourth-order valence-corrected chi connectivity index (χ4v) is 3.72. The van der Waals surface area contributed by atoms with Gasteiger partial charge < -0.3 is 15.2 Å². The molecule has 6 nitrogen and oxygen atoms in total. The summed E-state index contributed by atoms with van der Waals surface area (Å²) in [6.07, 6.45) is 4.40. The molecular weight excluding hydrogens is 316 g/mol. The van der Waals surface area contributed by atoms with Crippen molar-refractivity contribution in [2.75, 3.05) is 11.4 Å². The van der Waals surface area contributed by atoms with E-state index in [-0.39, 0.29) is 23.8 Å². The molecule has 6 heteroatoms. The van der Waals surface area contributed by atoms with Gasteiger partial charge in [0.25, 0.3) is 0 Å². The number of hydrogen-bond donors (Lipinski definition) is 2. The quantitative estimate of drug-likeness (QED) is 0.895. The van der Waals surface area contributed by atoms with Crippen molar-refractivity contribution in [3.63, 3.8) is 0 Å². The van der Waals surface area contributed by atoms with E-state index in [2.05, 4.69) is 15.3 Å². The van der Waals surface area contributed by atoms with Crippen molar-refractivity contribution in [1.82, 2.24) is 15.3 Å². The Bertz CT molecular complexity index is 796. The molecule has 130 valence electrons. The Morgan fingerprint density at radius 2 is 2.08 bits per heavy atom. The average Bonchev–Trinajstić information content (AvgIpc) is 3.21. The zero-order valence-corrected chi connectivity index (χ0v) is 14.3. The van der Waals surface area contributed by atoms with Crippen LogP contribution in [0.5, 0.6) is 0 Å². The molecule has 2 N–H and O–H groups in total. The van der Waals surface area contributed by atoms with E-state index in [0.717, 1.165) is 35.5 Å². The van der Waals surface area contributed by atoms with Gasteiger partial charge >= 0.3 is 0 Å². The Morgan fingerprint density at radius 3 is 2.88 bits per heavy atom. The van der Waals surface area contributed by atoms with Gasteiger partial charge in [0.15, 0.2) is 0 Å². The molecule has 1 aromatic carbocycles. The summed E-state index contributed by atoms with van der Waals surface area (Å²) in [5.41, 5.74) is 4.20. The highest BCUT2D eigenvalue weighted by Crippen LogP contribution is 2.25. The number of benzene rings is 1. The molecule has 1 saturated heterocycles. The Hall–Kier alpha value is -2.63. The van der Waals surface area contributed by atoms with Crippen molar-refractivity contribution in [1.29, 1.82) is 0 Å². The zero-order valence-electron chi connectivity index (χ0n) is 14.3. The van der Waals surface area contributed by atoms with Gasteiger partial charge in [-0.1, -0.05) is 17.7 Å². The first kappa shape index (κ1) is 15.9. The Kier molecular flexibility index (Phi) is 4.03. The van der Waals surface area contributed by atoms with Crippen LogP contribution in [0.4, 0.5) is 5.69 Å². The molecule has 0 unspecified atom stereocenters. The first-order valence-electron chi connectivity index (χ1n) is 8.78. The van der Waals surface area contributed by atoms with Gasteiger partial charge in [0.2, 0.25) is 11.8 Å². The van der Waals surface area contributed by atoms with E-state index in [1.165, 1.54) is 0 Å². The van der Waals surface area contributed by atoms with Crippen molar-refractivity contribution >= 4 is 17.5 Å². The minimum atomic E-state index is -0.121. The van der Waals surface area contributed by atoms with Crippen LogP contribution in [-0.2, 0) is 22.4 Å². The molecule has 0 spiro atoms. The average molecular weight is 338 g/mol. The lowest BCUT2D eigenvalue weighted by molar-refractivity contribution is -0.126. The number of aromatic nitrogens is 2. The molecule has 0 saturated carbocycles. The number of anilines is 1. The van der Waals surface area contributed by atoms with E-state index in [9.17, 15) is 9.59 Å². The van der Waals surface area contributed by atoms with Crippen LogP contribution < -0.4 is 10.2 Å². The summed E-state index contributed by atoms with van der Waals surface area (Å²) >= 11 is 0. The van der Waals surface area contributed by atoms with Crippen LogP contribution in [0.3, 0.4) is 0 Å². The van der Waals surface area contributed by atoms with E-state index in [4.69, 9.17) is 0 Å². The minimum absolute atomic E-state index is 0.0449. The largest absolute Gasteiger partial charge is 0.351 e. The van der Waals surface area contributed by atoms with E-state index in [0.29, 0.717) is 19.4 Å². The summed E-state index contributed by atoms with van der Waals surface area (Å²) in [4.78, 5) is 34.1. The van der Waals surface area contributed by atoms with Gasteiger partial charge in [-0.3, -0.25) is 9.59 Å². The fraction of sp³-hybridized carbons (Fsp3) is 0.421. The smallest absolute Gasteiger partial charge is 0.229 e. The summed E-state index contributed by atoms with van der Waals surface area (Å²) in [5.74, 6) is 0.0638. The summed E-state index contributed by atoms with van der Waals surface area (Å²) in [6, 6.07) is 7.79. The SMILES string of the molecule is Cc1ccc(N2C[C@H](NC(=O)[C@H]3CCc4nc[nH]c4C3)CC2=O)cc1. The second kappa shape index (κ2) is 6.35. The molecule has 4 rings (SSSR count). The van der Waals surface area contributed by atoms with Crippen LogP contribution in [0, 0.1) is 12.8 Å². The molecular formula is C19H22N4O2. The number of hydrogen-bond acceptors (Lipinski definition) is 3. The number of carbonyl (C=O) groups excluding carboxylic acids is 2. The third kappa shape index (κ3) is 3.16. The molecule has 25 heavy (non-hydrogen) atoms. The van der Waals surface area contributed by atoms with Gasteiger partial charge in [-0.05, 0) is 31.9 Å². The van der Waals surface area contributed by atoms with Crippen molar-refractivity contribution < 1.29 is 9.59 Å². The third-order valence-electron chi connectivity index (χ3n) is 5.18. The number of aromatic amines is 1. The highest BCUT2D eigenvalue weighted by Gasteiger charge is 2.34. The third-order valence-corrected chi connectivity index (χ3v) is 5.18. The predicted octanol–water partition coefficient (Wildman–Crippen LogP) is 1.74. The molecule has 2 aromatic rings. The van der Waals surface area contributed by atoms with E-state index < -0.39 is 0 Å². The number of nitrogens with one attached hydrogen (secondary N) is 2. The van der Waals surface area contributed by atoms with Gasteiger partial charge in [-0.2, -0.15) is 0 Å². The lowest BCUT2D eigenvalue weighted by Crippen LogP contribution is -2.42. The van der Waals surface area contributed by atoms with Gasteiger partial charge in [0.1, 0.15) is 0 Å². The van der Waals surface area contributed by atoms with E-state index >= 15 is 0 Å². The standard InChI is InChI=1S/C19H22N4O2/c1-12-2-5-15(6-3-12)23-10-14(9-18(23)24)22-19(25)13-4-7-16-17(8-13)21-11-20-16/h2-3,5-6,11,13-14H,4,7-10H2,1H3,(H,20,21)(H,22,25)/t13-,14+/m0/s1. The maximum atomic E-state index is 12.6. The maximum Gasteiger partial charge on any atom is 0.229 e. The molecule has 2 aliphatic rings. The number of carbonyl (C=O) groups is 2. The van der Waals surface area contributed by atoms with E-state index in [1.54, 1.807) is 11.2 Å². The Labute approximate surface area is 146 Å². The number of H-pyrrole nitrogens is 1. The Balaban J connectivity index is 1.38. The second-order valence-corrected chi connectivity index (χ2v) is 7.02. The predicted molar refractivity (Wildman–Crippen MR) is 94.2 cm³/mol. The summed E-state index contributed by atoms with van der Waals surface area (Å²) < 4.78 is 0. The summed E-state index contributed by atoms with van der Waals surface area (Å²) in [7, 11) is 0. The van der Waals surface area contributed by atoms with Gasteiger partial charge in [-0.25, -0.2) is 4.98 Å². The van der Waals surface area contributed by atoms with Crippen molar-refractivity contribution in [2.45, 2.75) is 38.6 Å². The van der Waals surface area contributed by atoms with Crippen molar-refractivity contribution in [3.05, 3.63) is 47.5 Å².